The first-order valence-electron chi connectivity index (χ1n) is 15.0. The first-order valence-corrected chi connectivity index (χ1v) is 18.5. The molecular weight excluding hydrogens is 619 g/mol. The van der Waals surface area contributed by atoms with Gasteiger partial charge in [-0.2, -0.15) is 26.3 Å². The summed E-state index contributed by atoms with van der Waals surface area (Å²) >= 11 is 0. The summed E-state index contributed by atoms with van der Waals surface area (Å²) in [6.07, 6.45) is -7.25. The minimum absolute atomic E-state index is 0.0759. The van der Waals surface area contributed by atoms with Gasteiger partial charge in [0.05, 0.1) is 29.8 Å². The van der Waals surface area contributed by atoms with Crippen molar-refractivity contribution < 1.29 is 40.0 Å². The lowest BCUT2D eigenvalue weighted by Crippen LogP contribution is -2.59. The van der Waals surface area contributed by atoms with E-state index in [1.807, 2.05) is 0 Å². The summed E-state index contributed by atoms with van der Waals surface area (Å²) in [4.78, 5) is 16.9. The lowest BCUT2D eigenvalue weighted by atomic mass is 9.79. The summed E-state index contributed by atoms with van der Waals surface area (Å²) in [5.74, 6) is -0.425. The standard InChI is InChI=1S/C32H42F7N3O2Si/c1-20-14-25(33)8-9-26(20)27-18-30(11-10-29(3,40-30)19-44-45(5,6)7)12-13-42(27)28(43)41(4)21(2)22-15-23(31(34,35)36)17-24(16-22)32(37,38)39/h8-9,14-17,21,27,40H,10-13,18-19H2,1-7H3/t21-,27?,29?,30?/m1/s1. The highest BCUT2D eigenvalue weighted by Crippen LogP contribution is 2.46. The number of urea groups is 1. The maximum atomic E-state index is 14.1. The Labute approximate surface area is 261 Å². The molecule has 0 saturated carbocycles. The lowest BCUT2D eigenvalue weighted by Gasteiger charge is -2.48. The van der Waals surface area contributed by atoms with Crippen LogP contribution in [-0.2, 0) is 16.8 Å². The molecule has 0 aliphatic carbocycles. The first kappa shape index (κ1) is 35.2. The second-order valence-electron chi connectivity index (χ2n) is 13.9. The van der Waals surface area contributed by atoms with Gasteiger partial charge in [-0.05, 0) is 113 Å². The predicted octanol–water partition coefficient (Wildman–Crippen LogP) is 8.85. The zero-order valence-electron chi connectivity index (χ0n) is 26.7. The maximum absolute atomic E-state index is 14.1. The molecule has 2 aromatic rings. The van der Waals surface area contributed by atoms with Crippen molar-refractivity contribution in [1.29, 1.82) is 0 Å². The molecule has 45 heavy (non-hydrogen) atoms. The van der Waals surface area contributed by atoms with Gasteiger partial charge in [-0.15, -0.1) is 0 Å². The van der Waals surface area contributed by atoms with E-state index in [1.165, 1.54) is 31.0 Å². The zero-order valence-corrected chi connectivity index (χ0v) is 27.7. The van der Waals surface area contributed by atoms with Crippen LogP contribution in [0.1, 0.15) is 79.4 Å². The topological polar surface area (TPSA) is 44.8 Å². The van der Waals surface area contributed by atoms with Crippen molar-refractivity contribution in [3.05, 3.63) is 70.0 Å². The molecular formula is C32H42F7N3O2Si. The van der Waals surface area contributed by atoms with Crippen LogP contribution >= 0.6 is 0 Å². The Kier molecular flexibility index (Phi) is 9.53. The van der Waals surface area contributed by atoms with Gasteiger partial charge in [0.2, 0.25) is 0 Å². The number of nitrogens with one attached hydrogen (secondary N) is 1. The summed E-state index contributed by atoms with van der Waals surface area (Å²) in [6.45, 7) is 12.5. The van der Waals surface area contributed by atoms with Gasteiger partial charge in [-0.1, -0.05) is 6.07 Å². The van der Waals surface area contributed by atoms with Crippen LogP contribution in [0.2, 0.25) is 19.6 Å². The van der Waals surface area contributed by atoms with Gasteiger partial charge in [0.15, 0.2) is 8.32 Å². The molecule has 250 valence electrons. The van der Waals surface area contributed by atoms with E-state index in [9.17, 15) is 35.5 Å². The van der Waals surface area contributed by atoms with Crippen molar-refractivity contribution in [3.8, 4) is 0 Å². The van der Waals surface area contributed by atoms with Gasteiger partial charge in [0, 0.05) is 24.7 Å². The van der Waals surface area contributed by atoms with E-state index < -0.39 is 55.7 Å². The molecule has 2 amide bonds. The average Bonchev–Trinajstić information content (AvgIpc) is 3.25. The summed E-state index contributed by atoms with van der Waals surface area (Å²) in [5, 5.41) is 3.82. The fourth-order valence-electron chi connectivity index (χ4n) is 6.51. The minimum Gasteiger partial charge on any atom is -0.416 e. The Bertz CT molecular complexity index is 1380. The van der Waals surface area contributed by atoms with Crippen molar-refractivity contribution in [2.45, 2.75) is 102 Å². The fraction of sp³-hybridized carbons (Fsp3) is 0.594. The molecule has 13 heteroatoms. The van der Waals surface area contributed by atoms with Gasteiger partial charge in [0.25, 0.3) is 0 Å². The van der Waals surface area contributed by atoms with Crippen molar-refractivity contribution in [3.63, 3.8) is 0 Å². The first-order chi connectivity index (χ1) is 20.5. The Morgan fingerprint density at radius 2 is 1.64 bits per heavy atom. The number of hydrogen-bond acceptors (Lipinski definition) is 3. The van der Waals surface area contributed by atoms with Gasteiger partial charge in [-0.3, -0.25) is 0 Å². The summed E-state index contributed by atoms with van der Waals surface area (Å²) < 4.78 is 102. The summed E-state index contributed by atoms with van der Waals surface area (Å²) in [6, 6.07) is 3.58. The van der Waals surface area contributed by atoms with Gasteiger partial charge >= 0.3 is 18.4 Å². The smallest absolute Gasteiger partial charge is 0.416 e. The zero-order chi connectivity index (χ0) is 33.8. The molecule has 0 radical (unpaired) electrons. The molecule has 0 aromatic heterocycles. The minimum atomic E-state index is -5.01. The van der Waals surface area contributed by atoms with Crippen LogP contribution < -0.4 is 5.32 Å². The van der Waals surface area contributed by atoms with Gasteiger partial charge in [-0.25, -0.2) is 9.18 Å². The second-order valence-corrected chi connectivity index (χ2v) is 18.5. The number of nitrogens with zero attached hydrogens (tertiary/aromatic N) is 2. The highest BCUT2D eigenvalue weighted by Gasteiger charge is 2.51. The van der Waals surface area contributed by atoms with Crippen LogP contribution in [0.3, 0.4) is 0 Å². The molecule has 3 unspecified atom stereocenters. The van der Waals surface area contributed by atoms with Crippen LogP contribution in [-0.4, -0.2) is 55.4 Å². The molecule has 2 heterocycles. The third kappa shape index (κ3) is 8.02. The van der Waals surface area contributed by atoms with E-state index in [-0.39, 0.29) is 29.3 Å². The third-order valence-electron chi connectivity index (χ3n) is 9.15. The number of hydrogen-bond donors (Lipinski definition) is 1. The van der Waals surface area contributed by atoms with Crippen molar-refractivity contribution in [2.75, 3.05) is 20.2 Å². The van der Waals surface area contributed by atoms with Crippen molar-refractivity contribution in [2.24, 2.45) is 0 Å². The number of carbonyl (C=O) groups is 1. The molecule has 2 fully saturated rings. The van der Waals surface area contributed by atoms with Crippen molar-refractivity contribution >= 4 is 14.3 Å². The molecule has 2 aliphatic heterocycles. The summed E-state index contributed by atoms with van der Waals surface area (Å²) in [7, 11) is -0.403. The normalized spacial score (nSPS) is 25.1. The number of benzene rings is 2. The van der Waals surface area contributed by atoms with E-state index in [0.717, 1.165) is 18.4 Å². The number of halogens is 7. The SMILES string of the molecule is Cc1cc(F)ccc1C1CC2(CCN1C(=O)N(C)[C@H](C)c1cc(C(F)(F)F)cc(C(F)(F)F)c1)CCC(C)(CO[Si](C)(C)C)N2. The molecule has 1 N–H and O–H groups in total. The highest BCUT2D eigenvalue weighted by atomic mass is 28.4. The number of aryl methyl sites for hydroxylation is 1. The predicted molar refractivity (Wildman–Crippen MR) is 161 cm³/mol. The number of alkyl halides is 6. The molecule has 0 bridgehead atoms. The Hall–Kier alpha value is -2.64. The Morgan fingerprint density at radius 1 is 1.04 bits per heavy atom. The van der Waals surface area contributed by atoms with Crippen LogP contribution in [0.4, 0.5) is 35.5 Å². The highest BCUT2D eigenvalue weighted by molar-refractivity contribution is 6.69. The van der Waals surface area contributed by atoms with Crippen LogP contribution in [0.15, 0.2) is 36.4 Å². The number of carbonyl (C=O) groups excluding carboxylic acids is 1. The van der Waals surface area contributed by atoms with E-state index >= 15 is 0 Å². The van der Waals surface area contributed by atoms with Crippen molar-refractivity contribution in [1.82, 2.24) is 15.1 Å². The third-order valence-corrected chi connectivity index (χ3v) is 10.2. The summed E-state index contributed by atoms with van der Waals surface area (Å²) in [5.41, 5.74) is -2.40. The molecule has 2 saturated heterocycles. The van der Waals surface area contributed by atoms with E-state index in [2.05, 4.69) is 31.9 Å². The van der Waals surface area contributed by atoms with Gasteiger partial charge < -0.3 is 19.5 Å². The molecule has 4 atom stereocenters. The average molecular weight is 662 g/mol. The van der Waals surface area contributed by atoms with Crippen LogP contribution in [0.5, 0.6) is 0 Å². The largest absolute Gasteiger partial charge is 0.416 e. The lowest BCUT2D eigenvalue weighted by molar-refractivity contribution is -0.143. The van der Waals surface area contributed by atoms with Gasteiger partial charge in [0.1, 0.15) is 5.82 Å². The quantitative estimate of drug-likeness (QED) is 0.249. The van der Waals surface area contributed by atoms with Crippen LogP contribution in [0.25, 0.3) is 0 Å². The Morgan fingerprint density at radius 3 is 2.18 bits per heavy atom. The second kappa shape index (κ2) is 12.2. The monoisotopic (exact) mass is 661 g/mol. The Balaban J connectivity index is 1.65. The molecule has 5 nitrogen and oxygen atoms in total. The number of likely N-dealkylation sites (tertiary alicyclic amines) is 1. The molecule has 2 aliphatic rings. The molecule has 2 aromatic carbocycles. The maximum Gasteiger partial charge on any atom is 0.416 e. The number of rotatable bonds is 6. The fourth-order valence-corrected chi connectivity index (χ4v) is 7.26. The molecule has 1 spiro atoms. The number of piperidine rings is 1. The van der Waals surface area contributed by atoms with E-state index in [4.69, 9.17) is 4.43 Å². The van der Waals surface area contributed by atoms with E-state index in [0.29, 0.717) is 37.1 Å². The molecule has 4 rings (SSSR count). The van der Waals surface area contributed by atoms with E-state index in [1.54, 1.807) is 17.9 Å². The number of amides is 2. The van der Waals surface area contributed by atoms with Crippen LogP contribution in [0, 0.1) is 12.7 Å².